The zero-order valence-electron chi connectivity index (χ0n) is 22.4. The summed E-state index contributed by atoms with van der Waals surface area (Å²) in [6.07, 6.45) is 3.15. The summed E-state index contributed by atoms with van der Waals surface area (Å²) in [7, 11) is 0. The number of nitrogens with two attached hydrogens (primary N) is 1. The van der Waals surface area contributed by atoms with Crippen molar-refractivity contribution in [1.29, 1.82) is 0 Å². The summed E-state index contributed by atoms with van der Waals surface area (Å²) in [5.41, 5.74) is 7.22. The number of aryl methyl sites for hydroxylation is 1. The van der Waals surface area contributed by atoms with Crippen LogP contribution in [0.4, 0.5) is 4.39 Å². The standard InChI is InChI=1S/C28H46FNO8/c1-19(16-22(30)18-36-28-27(35)26(34)25(33)23(17-31)38-28)37-24(32)11-9-7-5-3-2-4-6-8-10-20-12-14-21(29)15-13-20/h12-15,19,22-23,25-28,31,33-35H,2-11,16-18,30H2,1H3/t19-,22-,23?,25+,26?,27?,28+/m1/s1. The predicted molar refractivity (Wildman–Crippen MR) is 140 cm³/mol. The van der Waals surface area contributed by atoms with E-state index in [4.69, 9.17) is 19.9 Å². The molecule has 1 heterocycles. The number of rotatable bonds is 18. The van der Waals surface area contributed by atoms with E-state index in [-0.39, 0.29) is 18.4 Å². The maximum absolute atomic E-state index is 12.9. The summed E-state index contributed by atoms with van der Waals surface area (Å²) in [6, 6.07) is 6.19. The van der Waals surface area contributed by atoms with Crippen molar-refractivity contribution in [2.45, 2.75) is 120 Å². The molecule has 6 N–H and O–H groups in total. The van der Waals surface area contributed by atoms with Crippen LogP contribution in [0.25, 0.3) is 0 Å². The largest absolute Gasteiger partial charge is 0.463 e. The molecule has 9 nitrogen and oxygen atoms in total. The molecule has 1 aliphatic heterocycles. The highest BCUT2D eigenvalue weighted by atomic mass is 19.1. The van der Waals surface area contributed by atoms with Gasteiger partial charge in [-0.15, -0.1) is 0 Å². The zero-order valence-corrected chi connectivity index (χ0v) is 22.4. The smallest absolute Gasteiger partial charge is 0.306 e. The van der Waals surface area contributed by atoms with Crippen molar-refractivity contribution in [3.05, 3.63) is 35.6 Å². The van der Waals surface area contributed by atoms with E-state index in [0.717, 1.165) is 44.9 Å². The average molecular weight is 544 g/mol. The Labute approximate surface area is 225 Å². The molecule has 0 radical (unpaired) electrons. The van der Waals surface area contributed by atoms with Crippen LogP contribution in [-0.2, 0) is 25.4 Å². The molecule has 38 heavy (non-hydrogen) atoms. The third-order valence-electron chi connectivity index (χ3n) is 6.80. The monoisotopic (exact) mass is 543 g/mol. The number of hydrogen-bond acceptors (Lipinski definition) is 9. The van der Waals surface area contributed by atoms with Gasteiger partial charge in [0.15, 0.2) is 6.29 Å². The predicted octanol–water partition coefficient (Wildman–Crippen LogP) is 2.34. The van der Waals surface area contributed by atoms with Gasteiger partial charge in [-0.05, 0) is 43.9 Å². The minimum atomic E-state index is -1.51. The van der Waals surface area contributed by atoms with Gasteiger partial charge in [0.2, 0.25) is 0 Å². The van der Waals surface area contributed by atoms with E-state index >= 15 is 0 Å². The van der Waals surface area contributed by atoms with Crippen molar-refractivity contribution in [1.82, 2.24) is 0 Å². The van der Waals surface area contributed by atoms with Gasteiger partial charge in [-0.2, -0.15) is 0 Å². The van der Waals surface area contributed by atoms with Gasteiger partial charge in [0.25, 0.3) is 0 Å². The van der Waals surface area contributed by atoms with Gasteiger partial charge in [-0.3, -0.25) is 4.79 Å². The fourth-order valence-electron chi connectivity index (χ4n) is 4.56. The molecule has 2 rings (SSSR count). The normalized spacial score (nSPS) is 25.2. The Hall–Kier alpha value is -1.66. The number of esters is 1. The molecule has 1 aliphatic rings. The van der Waals surface area contributed by atoms with E-state index in [9.17, 15) is 29.6 Å². The van der Waals surface area contributed by atoms with Gasteiger partial charge in [-0.25, -0.2) is 4.39 Å². The van der Waals surface area contributed by atoms with Crippen LogP contribution in [-0.4, -0.2) is 82.5 Å². The van der Waals surface area contributed by atoms with Gasteiger partial charge < -0.3 is 40.4 Å². The summed E-state index contributed by atoms with van der Waals surface area (Å²) in [6.45, 7) is 1.18. The average Bonchev–Trinajstić information content (AvgIpc) is 2.89. The summed E-state index contributed by atoms with van der Waals surface area (Å²) in [5.74, 6) is -0.459. The number of benzene rings is 1. The molecule has 1 fully saturated rings. The van der Waals surface area contributed by atoms with Crippen molar-refractivity contribution in [2.75, 3.05) is 13.2 Å². The van der Waals surface area contributed by atoms with E-state index in [0.29, 0.717) is 12.8 Å². The molecule has 0 bridgehead atoms. The van der Waals surface area contributed by atoms with Crippen LogP contribution in [0, 0.1) is 5.82 Å². The van der Waals surface area contributed by atoms with Crippen molar-refractivity contribution in [3.63, 3.8) is 0 Å². The van der Waals surface area contributed by atoms with Crippen LogP contribution in [0.3, 0.4) is 0 Å². The van der Waals surface area contributed by atoms with E-state index < -0.39 is 49.5 Å². The first-order chi connectivity index (χ1) is 18.2. The molecule has 3 unspecified atom stereocenters. The van der Waals surface area contributed by atoms with Gasteiger partial charge in [0.1, 0.15) is 36.3 Å². The minimum absolute atomic E-state index is 0.0309. The van der Waals surface area contributed by atoms with Crippen molar-refractivity contribution < 1.29 is 43.8 Å². The quantitative estimate of drug-likeness (QED) is 0.139. The zero-order chi connectivity index (χ0) is 27.9. The SMILES string of the molecule is C[C@H](C[C@@H](N)CO[C@H]1OC(CO)[C@H](O)C(O)C1O)OC(=O)CCCCCCCCCCc1ccc(F)cc1. The van der Waals surface area contributed by atoms with Gasteiger partial charge in [-0.1, -0.05) is 50.7 Å². The number of carbonyl (C=O) groups excluding carboxylic acids is 1. The molecule has 1 aromatic carbocycles. The Morgan fingerprint density at radius 3 is 2.21 bits per heavy atom. The molecule has 1 saturated heterocycles. The second-order valence-corrected chi connectivity index (χ2v) is 10.3. The van der Waals surface area contributed by atoms with Crippen molar-refractivity contribution >= 4 is 5.97 Å². The molecule has 0 amide bonds. The number of unbranched alkanes of at least 4 members (excludes halogenated alkanes) is 7. The third kappa shape index (κ3) is 12.0. The number of aliphatic hydroxyl groups is 4. The highest BCUT2D eigenvalue weighted by Crippen LogP contribution is 2.22. The Morgan fingerprint density at radius 2 is 1.58 bits per heavy atom. The summed E-state index contributed by atoms with van der Waals surface area (Å²) >= 11 is 0. The maximum Gasteiger partial charge on any atom is 0.306 e. The van der Waals surface area contributed by atoms with Gasteiger partial charge in [0, 0.05) is 18.9 Å². The number of ether oxygens (including phenoxy) is 3. The van der Waals surface area contributed by atoms with Crippen molar-refractivity contribution in [3.8, 4) is 0 Å². The highest BCUT2D eigenvalue weighted by molar-refractivity contribution is 5.69. The first-order valence-electron chi connectivity index (χ1n) is 13.8. The van der Waals surface area contributed by atoms with Gasteiger partial charge in [0.05, 0.1) is 13.2 Å². The maximum atomic E-state index is 12.9. The van der Waals surface area contributed by atoms with E-state index in [2.05, 4.69) is 0 Å². The Balaban J connectivity index is 1.46. The van der Waals surface area contributed by atoms with E-state index in [1.54, 1.807) is 6.92 Å². The second-order valence-electron chi connectivity index (χ2n) is 10.3. The van der Waals surface area contributed by atoms with Crippen LogP contribution < -0.4 is 5.73 Å². The van der Waals surface area contributed by atoms with E-state index in [1.165, 1.54) is 30.5 Å². The molecule has 0 aliphatic carbocycles. The van der Waals surface area contributed by atoms with Crippen LogP contribution in [0.1, 0.15) is 76.7 Å². The summed E-state index contributed by atoms with van der Waals surface area (Å²) < 4.78 is 29.1. The third-order valence-corrected chi connectivity index (χ3v) is 6.80. The van der Waals surface area contributed by atoms with Crippen LogP contribution in [0.2, 0.25) is 0 Å². The Bertz CT molecular complexity index is 781. The molecule has 1 aromatic rings. The second kappa shape index (κ2) is 17.8. The number of aliphatic hydroxyl groups excluding tert-OH is 4. The topological polar surface area (TPSA) is 152 Å². The first-order valence-corrected chi connectivity index (χ1v) is 13.8. The van der Waals surface area contributed by atoms with Crippen LogP contribution in [0.15, 0.2) is 24.3 Å². The summed E-state index contributed by atoms with van der Waals surface area (Å²) in [4.78, 5) is 12.1. The molecule has 0 aromatic heterocycles. The molecular weight excluding hydrogens is 497 g/mol. The van der Waals surface area contributed by atoms with E-state index in [1.807, 2.05) is 12.1 Å². The molecule has 218 valence electrons. The lowest BCUT2D eigenvalue weighted by molar-refractivity contribution is -0.301. The Morgan fingerprint density at radius 1 is 0.974 bits per heavy atom. The van der Waals surface area contributed by atoms with Gasteiger partial charge >= 0.3 is 5.97 Å². The fourth-order valence-corrected chi connectivity index (χ4v) is 4.56. The summed E-state index contributed by atoms with van der Waals surface area (Å²) in [5, 5.41) is 38.9. The van der Waals surface area contributed by atoms with Crippen LogP contribution in [0.5, 0.6) is 0 Å². The lowest BCUT2D eigenvalue weighted by atomic mass is 9.99. The number of halogens is 1. The van der Waals surface area contributed by atoms with Crippen molar-refractivity contribution in [2.24, 2.45) is 5.73 Å². The molecular formula is C28H46FNO8. The molecule has 7 atom stereocenters. The molecule has 10 heteroatoms. The number of carbonyl (C=O) groups is 1. The number of hydrogen-bond donors (Lipinski definition) is 5. The highest BCUT2D eigenvalue weighted by Gasteiger charge is 2.44. The lowest BCUT2D eigenvalue weighted by Crippen LogP contribution is -2.59. The molecule has 0 saturated carbocycles. The van der Waals surface area contributed by atoms with Crippen LogP contribution >= 0.6 is 0 Å². The minimum Gasteiger partial charge on any atom is -0.463 e. The first kappa shape index (κ1) is 32.6. The Kier molecular flexibility index (Phi) is 15.3. The molecule has 0 spiro atoms. The fraction of sp³-hybridized carbons (Fsp3) is 0.750. The lowest BCUT2D eigenvalue weighted by Gasteiger charge is -2.39.